The molecule has 2 rings (SSSR count). The fourth-order valence-corrected chi connectivity index (χ4v) is 1.69. The molecule has 1 aromatic heterocycles. The minimum atomic E-state index is -0.441. The number of aromatic amines is 2. The molecule has 0 saturated carbocycles. The van der Waals surface area contributed by atoms with Crippen LogP contribution in [0.3, 0.4) is 0 Å². The van der Waals surface area contributed by atoms with Crippen LogP contribution in [0.4, 0.5) is 0 Å². The molecule has 0 aliphatic carbocycles. The van der Waals surface area contributed by atoms with Crippen LogP contribution in [0.1, 0.15) is 5.56 Å². The number of aromatic nitrogens is 2. The Kier molecular flexibility index (Phi) is 3.73. The third kappa shape index (κ3) is 3.05. The van der Waals surface area contributed by atoms with E-state index in [0.717, 1.165) is 0 Å². The maximum absolute atomic E-state index is 11.7. The molecule has 0 spiro atoms. The molecular formula is C12H8BrN5O. The van der Waals surface area contributed by atoms with E-state index in [0.29, 0.717) is 16.8 Å². The zero-order chi connectivity index (χ0) is 13.8. The Bertz CT molecular complexity index is 796. The molecule has 1 heterocycles. The van der Waals surface area contributed by atoms with Crippen LogP contribution in [-0.2, 0) is 0 Å². The Hall–Kier alpha value is -2.46. The minimum absolute atomic E-state index is 0.0297. The lowest BCUT2D eigenvalue weighted by atomic mass is 10.1. The van der Waals surface area contributed by atoms with E-state index >= 15 is 0 Å². The summed E-state index contributed by atoms with van der Waals surface area (Å²) >= 11 is 2.84. The molecule has 19 heavy (non-hydrogen) atoms. The van der Waals surface area contributed by atoms with Crippen LogP contribution in [0, 0.1) is 16.7 Å². The van der Waals surface area contributed by atoms with Crippen molar-refractivity contribution in [1.82, 2.24) is 9.97 Å². The van der Waals surface area contributed by atoms with E-state index in [1.54, 1.807) is 30.5 Å². The molecule has 6 nitrogen and oxygen atoms in total. The van der Waals surface area contributed by atoms with Gasteiger partial charge in [-0.15, -0.1) is 0 Å². The summed E-state index contributed by atoms with van der Waals surface area (Å²) in [5.74, 6) is 0. The smallest absolute Gasteiger partial charge is 0.291 e. The van der Waals surface area contributed by atoms with Gasteiger partial charge < -0.3 is 9.97 Å². The number of amidine groups is 1. The molecule has 0 atom stereocenters. The van der Waals surface area contributed by atoms with Crippen molar-refractivity contribution in [2.75, 3.05) is 0 Å². The van der Waals surface area contributed by atoms with Crippen molar-refractivity contribution in [3.8, 4) is 17.3 Å². The van der Waals surface area contributed by atoms with E-state index in [9.17, 15) is 4.79 Å². The molecule has 0 fully saturated rings. The highest BCUT2D eigenvalue weighted by molar-refractivity contribution is 9.18. The van der Waals surface area contributed by atoms with Crippen LogP contribution in [0.15, 0.2) is 40.2 Å². The molecule has 2 aromatic rings. The van der Waals surface area contributed by atoms with Gasteiger partial charge in [0.15, 0.2) is 10.2 Å². The predicted octanol–water partition coefficient (Wildman–Crippen LogP) is 1.47. The summed E-state index contributed by atoms with van der Waals surface area (Å²) in [5.41, 5.74) is 1.36. The van der Waals surface area contributed by atoms with Crippen molar-refractivity contribution in [3.05, 3.63) is 51.9 Å². The van der Waals surface area contributed by atoms with Crippen molar-refractivity contribution in [3.63, 3.8) is 0 Å². The fourth-order valence-electron chi connectivity index (χ4n) is 1.52. The first-order chi connectivity index (χ1) is 9.10. The molecular weight excluding hydrogens is 310 g/mol. The number of nitrogens with one attached hydrogen (secondary N) is 3. The lowest BCUT2D eigenvalue weighted by molar-refractivity contribution is 1.04. The first kappa shape index (κ1) is 13.0. The molecule has 7 heteroatoms. The lowest BCUT2D eigenvalue weighted by Gasteiger charge is -2.01. The third-order valence-electron chi connectivity index (χ3n) is 2.33. The van der Waals surface area contributed by atoms with Crippen molar-refractivity contribution < 1.29 is 0 Å². The average Bonchev–Trinajstić information content (AvgIpc) is 2.40. The van der Waals surface area contributed by atoms with Crippen molar-refractivity contribution >= 4 is 20.7 Å². The Balaban J connectivity index is 2.54. The molecule has 0 unspecified atom stereocenters. The van der Waals surface area contributed by atoms with Gasteiger partial charge in [0.05, 0.1) is 17.3 Å². The maximum Gasteiger partial charge on any atom is 0.291 e. The van der Waals surface area contributed by atoms with Gasteiger partial charge >= 0.3 is 0 Å². The number of benzene rings is 1. The first-order valence-electron chi connectivity index (χ1n) is 5.21. The van der Waals surface area contributed by atoms with E-state index in [4.69, 9.17) is 10.7 Å². The van der Waals surface area contributed by atoms with Gasteiger partial charge in [-0.2, -0.15) is 10.3 Å². The van der Waals surface area contributed by atoms with Gasteiger partial charge in [0.1, 0.15) is 0 Å². The SMILES string of the molecule is N#Cc1cccc(-c2c[nH]/c(=N\C(=N)Br)c(=O)[nH]2)c1. The zero-order valence-corrected chi connectivity index (χ0v) is 11.2. The van der Waals surface area contributed by atoms with Crippen LogP contribution in [0.2, 0.25) is 0 Å². The quantitative estimate of drug-likeness (QED) is 0.420. The van der Waals surface area contributed by atoms with Gasteiger partial charge in [-0.05, 0) is 28.1 Å². The number of hydrogen-bond acceptors (Lipinski definition) is 3. The van der Waals surface area contributed by atoms with Crippen LogP contribution in [-0.4, -0.2) is 14.7 Å². The number of halogens is 1. The summed E-state index contributed by atoms with van der Waals surface area (Å²) in [6, 6.07) is 8.90. The summed E-state index contributed by atoms with van der Waals surface area (Å²) in [6.45, 7) is 0. The standard InChI is InChI=1S/C12H8BrN5O/c13-12(15)18-10-11(19)17-9(6-16-10)8-3-1-2-7(4-8)5-14/h1-4,6H,(H,17,19)(H2,15,16,18). The van der Waals surface area contributed by atoms with Crippen molar-refractivity contribution in [2.45, 2.75) is 0 Å². The predicted molar refractivity (Wildman–Crippen MR) is 73.8 cm³/mol. The highest BCUT2D eigenvalue weighted by Crippen LogP contribution is 2.15. The second kappa shape index (κ2) is 5.46. The summed E-state index contributed by atoms with van der Waals surface area (Å²) in [4.78, 5) is 20.8. The molecule has 0 amide bonds. The molecule has 94 valence electrons. The van der Waals surface area contributed by atoms with E-state index in [-0.39, 0.29) is 10.2 Å². The molecule has 0 saturated heterocycles. The minimum Gasteiger partial charge on any atom is -0.340 e. The molecule has 1 aromatic carbocycles. The monoisotopic (exact) mass is 317 g/mol. The number of nitrogens with zero attached hydrogens (tertiary/aromatic N) is 2. The Morgan fingerprint density at radius 1 is 1.47 bits per heavy atom. The van der Waals surface area contributed by atoms with Gasteiger partial charge in [0, 0.05) is 11.8 Å². The van der Waals surface area contributed by atoms with Crippen LogP contribution < -0.4 is 11.0 Å². The highest BCUT2D eigenvalue weighted by atomic mass is 79.9. The zero-order valence-electron chi connectivity index (χ0n) is 9.57. The largest absolute Gasteiger partial charge is 0.340 e. The highest BCUT2D eigenvalue weighted by Gasteiger charge is 2.01. The number of rotatable bonds is 1. The summed E-state index contributed by atoms with van der Waals surface area (Å²) in [7, 11) is 0. The van der Waals surface area contributed by atoms with Gasteiger partial charge in [0.2, 0.25) is 0 Å². The van der Waals surface area contributed by atoms with E-state index in [1.807, 2.05) is 6.07 Å². The van der Waals surface area contributed by atoms with Crippen LogP contribution >= 0.6 is 15.9 Å². The van der Waals surface area contributed by atoms with E-state index in [1.165, 1.54) is 0 Å². The molecule has 0 bridgehead atoms. The summed E-state index contributed by atoms with van der Waals surface area (Å²) in [6.07, 6.45) is 1.56. The van der Waals surface area contributed by atoms with Crippen molar-refractivity contribution in [2.24, 2.45) is 4.99 Å². The Labute approximate surface area is 116 Å². The normalized spacial score (nSPS) is 11.1. The molecule has 0 aliphatic heterocycles. The van der Waals surface area contributed by atoms with Crippen molar-refractivity contribution in [1.29, 1.82) is 10.7 Å². The number of hydrogen-bond donors (Lipinski definition) is 3. The van der Waals surface area contributed by atoms with E-state index in [2.05, 4.69) is 30.9 Å². The first-order valence-corrected chi connectivity index (χ1v) is 6.01. The second-order valence-electron chi connectivity index (χ2n) is 3.60. The van der Waals surface area contributed by atoms with Gasteiger partial charge in [-0.1, -0.05) is 12.1 Å². The van der Waals surface area contributed by atoms with Gasteiger partial charge in [0.25, 0.3) is 5.56 Å². The number of nitriles is 1. The van der Waals surface area contributed by atoms with Gasteiger partial charge in [-0.25, -0.2) is 0 Å². The molecule has 3 N–H and O–H groups in total. The fraction of sp³-hybridized carbons (Fsp3) is 0. The summed E-state index contributed by atoms with van der Waals surface area (Å²) < 4.78 is -0.145. The lowest BCUT2D eigenvalue weighted by Crippen LogP contribution is -2.31. The second-order valence-corrected chi connectivity index (χ2v) is 4.35. The Morgan fingerprint density at radius 2 is 2.26 bits per heavy atom. The van der Waals surface area contributed by atoms with Crippen LogP contribution in [0.25, 0.3) is 11.3 Å². The molecule has 0 radical (unpaired) electrons. The maximum atomic E-state index is 11.7. The Morgan fingerprint density at radius 3 is 2.89 bits per heavy atom. The molecule has 0 aliphatic rings. The number of H-pyrrole nitrogens is 2. The van der Waals surface area contributed by atoms with Crippen LogP contribution in [0.5, 0.6) is 0 Å². The average molecular weight is 318 g/mol. The summed E-state index contributed by atoms with van der Waals surface area (Å²) in [5, 5.41) is 16.0. The topological polar surface area (TPSA) is 109 Å². The third-order valence-corrected chi connectivity index (χ3v) is 2.51. The van der Waals surface area contributed by atoms with E-state index < -0.39 is 5.56 Å². The van der Waals surface area contributed by atoms with Gasteiger partial charge in [-0.3, -0.25) is 10.2 Å².